The van der Waals surface area contributed by atoms with Crippen molar-refractivity contribution in [2.24, 2.45) is 0 Å². The third-order valence-electron chi connectivity index (χ3n) is 2.45. The molecule has 0 saturated heterocycles. The van der Waals surface area contributed by atoms with E-state index in [9.17, 15) is 10.1 Å². The van der Waals surface area contributed by atoms with Crippen molar-refractivity contribution in [3.63, 3.8) is 0 Å². The zero-order chi connectivity index (χ0) is 13.1. The predicted octanol–water partition coefficient (Wildman–Crippen LogP) is 4.16. The van der Waals surface area contributed by atoms with E-state index in [1.165, 1.54) is 6.08 Å². The fourth-order valence-corrected chi connectivity index (χ4v) is 1.75. The smallest absolute Gasteiger partial charge is 0.238 e. The molecule has 0 N–H and O–H groups in total. The second-order valence-corrected chi connectivity index (χ2v) is 4.20. The van der Waals surface area contributed by atoms with Gasteiger partial charge in [0.25, 0.3) is 0 Å². The normalized spacial score (nSPS) is 11.0. The molecule has 0 fully saturated rings. The highest BCUT2D eigenvalue weighted by molar-refractivity contribution is 6.30. The first kappa shape index (κ1) is 12.4. The highest BCUT2D eigenvalue weighted by atomic mass is 35.5. The van der Waals surface area contributed by atoms with E-state index in [0.717, 1.165) is 17.3 Å². The molecule has 0 aliphatic heterocycles. The van der Waals surface area contributed by atoms with E-state index in [0.29, 0.717) is 16.5 Å². The Morgan fingerprint density at radius 3 is 2.83 bits per heavy atom. The van der Waals surface area contributed by atoms with Crippen LogP contribution in [0.2, 0.25) is 5.02 Å². The number of nitro groups is 1. The van der Waals surface area contributed by atoms with Crippen molar-refractivity contribution < 1.29 is 9.34 Å². The Balaban J connectivity index is 2.35. The standard InChI is InChI=1S/C13H10ClNO3/c1-9-2-3-10(14)8-12(9)13-5-4-11(18-13)6-7-15(16)17/h2-8H,1H3/b7-6+. The molecule has 0 unspecified atom stereocenters. The number of aryl methyl sites for hydroxylation is 1. The molecule has 1 heterocycles. The highest BCUT2D eigenvalue weighted by Gasteiger charge is 2.07. The minimum Gasteiger partial charge on any atom is -0.456 e. The summed E-state index contributed by atoms with van der Waals surface area (Å²) in [4.78, 5) is 9.67. The van der Waals surface area contributed by atoms with Crippen LogP contribution in [0.4, 0.5) is 0 Å². The molecule has 0 spiro atoms. The summed E-state index contributed by atoms with van der Waals surface area (Å²) in [7, 11) is 0. The molecule has 4 nitrogen and oxygen atoms in total. The molecule has 92 valence electrons. The molecular formula is C13H10ClNO3. The van der Waals surface area contributed by atoms with E-state index < -0.39 is 4.92 Å². The molecule has 0 saturated carbocycles. The third-order valence-corrected chi connectivity index (χ3v) is 2.69. The van der Waals surface area contributed by atoms with Crippen LogP contribution < -0.4 is 0 Å². The lowest BCUT2D eigenvalue weighted by molar-refractivity contribution is -0.401. The Morgan fingerprint density at radius 1 is 1.33 bits per heavy atom. The van der Waals surface area contributed by atoms with Crippen molar-refractivity contribution in [1.29, 1.82) is 0 Å². The number of halogens is 1. The van der Waals surface area contributed by atoms with Gasteiger partial charge >= 0.3 is 0 Å². The molecule has 0 aliphatic rings. The lowest BCUT2D eigenvalue weighted by atomic mass is 10.1. The first-order valence-electron chi connectivity index (χ1n) is 5.24. The molecule has 2 rings (SSSR count). The van der Waals surface area contributed by atoms with Gasteiger partial charge in [-0.05, 0) is 36.8 Å². The van der Waals surface area contributed by atoms with Gasteiger partial charge in [-0.3, -0.25) is 10.1 Å². The predicted molar refractivity (Wildman–Crippen MR) is 69.9 cm³/mol. The Bertz CT molecular complexity index is 616. The molecule has 0 atom stereocenters. The van der Waals surface area contributed by atoms with Crippen LogP contribution in [0.3, 0.4) is 0 Å². The number of furan rings is 1. The van der Waals surface area contributed by atoms with Crippen LogP contribution in [0, 0.1) is 17.0 Å². The van der Waals surface area contributed by atoms with Crippen molar-refractivity contribution in [3.8, 4) is 11.3 Å². The molecule has 1 aromatic carbocycles. The Morgan fingerprint density at radius 2 is 2.11 bits per heavy atom. The van der Waals surface area contributed by atoms with E-state index in [1.807, 2.05) is 13.0 Å². The van der Waals surface area contributed by atoms with Gasteiger partial charge in [-0.25, -0.2) is 0 Å². The first-order valence-corrected chi connectivity index (χ1v) is 5.62. The van der Waals surface area contributed by atoms with Gasteiger partial charge in [0.1, 0.15) is 11.5 Å². The summed E-state index contributed by atoms with van der Waals surface area (Å²) in [5.41, 5.74) is 1.90. The van der Waals surface area contributed by atoms with Gasteiger partial charge in [-0.15, -0.1) is 0 Å². The second-order valence-electron chi connectivity index (χ2n) is 3.76. The fraction of sp³-hybridized carbons (Fsp3) is 0.0769. The summed E-state index contributed by atoms with van der Waals surface area (Å²) in [6.45, 7) is 1.95. The maximum atomic E-state index is 10.2. The van der Waals surface area contributed by atoms with E-state index in [1.54, 1.807) is 24.3 Å². The molecule has 18 heavy (non-hydrogen) atoms. The second kappa shape index (κ2) is 5.06. The monoisotopic (exact) mass is 263 g/mol. The Labute approximate surface area is 109 Å². The van der Waals surface area contributed by atoms with Crippen LogP contribution in [-0.4, -0.2) is 4.92 Å². The first-order chi connectivity index (χ1) is 8.56. The van der Waals surface area contributed by atoms with Gasteiger partial charge in [0, 0.05) is 10.6 Å². The van der Waals surface area contributed by atoms with E-state index in [2.05, 4.69) is 0 Å². The largest absolute Gasteiger partial charge is 0.456 e. The molecular weight excluding hydrogens is 254 g/mol. The lowest BCUT2D eigenvalue weighted by Crippen LogP contribution is -1.81. The minimum atomic E-state index is -0.535. The summed E-state index contributed by atoms with van der Waals surface area (Å²) < 4.78 is 5.51. The molecule has 2 aromatic rings. The average molecular weight is 264 g/mol. The van der Waals surface area contributed by atoms with Gasteiger partial charge in [0.05, 0.1) is 11.0 Å². The number of nitrogens with zero attached hydrogens (tertiary/aromatic N) is 1. The number of rotatable bonds is 3. The van der Waals surface area contributed by atoms with Gasteiger partial charge < -0.3 is 4.42 Å². The fourth-order valence-electron chi connectivity index (χ4n) is 1.58. The topological polar surface area (TPSA) is 56.3 Å². The summed E-state index contributed by atoms with van der Waals surface area (Å²) in [6, 6.07) is 8.94. The molecule has 1 aromatic heterocycles. The van der Waals surface area contributed by atoms with Crippen molar-refractivity contribution in [1.82, 2.24) is 0 Å². The summed E-state index contributed by atoms with van der Waals surface area (Å²) >= 11 is 5.93. The molecule has 0 amide bonds. The summed E-state index contributed by atoms with van der Waals surface area (Å²) in [6.07, 6.45) is 2.15. The SMILES string of the molecule is Cc1ccc(Cl)cc1-c1ccc(/C=C/[N+](=O)[O-])o1. The van der Waals surface area contributed by atoms with Crippen LogP contribution in [0.5, 0.6) is 0 Å². The molecule has 0 bridgehead atoms. The van der Waals surface area contributed by atoms with Crippen molar-refractivity contribution in [3.05, 3.63) is 63.0 Å². The van der Waals surface area contributed by atoms with Gasteiger partial charge in [0.2, 0.25) is 6.20 Å². The maximum absolute atomic E-state index is 10.2. The maximum Gasteiger partial charge on any atom is 0.238 e. The quantitative estimate of drug-likeness (QED) is 0.617. The minimum absolute atomic E-state index is 0.432. The van der Waals surface area contributed by atoms with Crippen LogP contribution in [0.1, 0.15) is 11.3 Å². The average Bonchev–Trinajstić information content (AvgIpc) is 2.78. The number of hydrogen-bond donors (Lipinski definition) is 0. The van der Waals surface area contributed by atoms with Gasteiger partial charge in [-0.1, -0.05) is 17.7 Å². The Hall–Kier alpha value is -2.07. The van der Waals surface area contributed by atoms with Crippen LogP contribution in [0.15, 0.2) is 40.9 Å². The third kappa shape index (κ3) is 2.78. The summed E-state index contributed by atoms with van der Waals surface area (Å²) in [5.74, 6) is 1.07. The van der Waals surface area contributed by atoms with Crippen molar-refractivity contribution >= 4 is 17.7 Å². The van der Waals surface area contributed by atoms with Crippen LogP contribution in [0.25, 0.3) is 17.4 Å². The van der Waals surface area contributed by atoms with Crippen molar-refractivity contribution in [2.75, 3.05) is 0 Å². The zero-order valence-corrected chi connectivity index (χ0v) is 10.3. The van der Waals surface area contributed by atoms with Crippen LogP contribution in [-0.2, 0) is 0 Å². The van der Waals surface area contributed by atoms with E-state index in [4.69, 9.17) is 16.0 Å². The van der Waals surface area contributed by atoms with E-state index in [-0.39, 0.29) is 0 Å². The number of benzene rings is 1. The Kier molecular flexibility index (Phi) is 3.48. The zero-order valence-electron chi connectivity index (χ0n) is 9.59. The van der Waals surface area contributed by atoms with E-state index >= 15 is 0 Å². The number of hydrogen-bond acceptors (Lipinski definition) is 3. The van der Waals surface area contributed by atoms with Gasteiger partial charge in [0.15, 0.2) is 0 Å². The van der Waals surface area contributed by atoms with Crippen molar-refractivity contribution in [2.45, 2.75) is 6.92 Å². The molecule has 0 radical (unpaired) electrons. The molecule has 5 heteroatoms. The lowest BCUT2D eigenvalue weighted by Gasteiger charge is -2.02. The summed E-state index contributed by atoms with van der Waals surface area (Å²) in [5, 5.41) is 10.8. The highest BCUT2D eigenvalue weighted by Crippen LogP contribution is 2.28. The van der Waals surface area contributed by atoms with Gasteiger partial charge in [-0.2, -0.15) is 0 Å². The molecule has 0 aliphatic carbocycles. The van der Waals surface area contributed by atoms with Crippen LogP contribution >= 0.6 is 11.6 Å².